The smallest absolute Gasteiger partial charge is 0.0454 e. The first-order valence-electron chi connectivity index (χ1n) is 8.51. The Morgan fingerprint density at radius 2 is 1.77 bits per heavy atom. The van der Waals surface area contributed by atoms with Gasteiger partial charge in [-0.15, -0.1) is 0 Å². The van der Waals surface area contributed by atoms with Gasteiger partial charge in [-0.25, -0.2) is 0 Å². The van der Waals surface area contributed by atoms with E-state index in [0.717, 1.165) is 12.3 Å². The molecule has 1 aliphatic carbocycles. The fourth-order valence-electron chi connectivity index (χ4n) is 3.01. The zero-order valence-corrected chi connectivity index (χ0v) is 14.5. The molecule has 0 N–H and O–H groups in total. The Morgan fingerprint density at radius 1 is 1.05 bits per heavy atom. The Kier molecular flexibility index (Phi) is 3.84. The van der Waals surface area contributed by atoms with Gasteiger partial charge in [-0.3, -0.25) is 4.98 Å². The summed E-state index contributed by atoms with van der Waals surface area (Å²) in [5, 5.41) is 0. The molecule has 0 bridgehead atoms. The number of aryl methyl sites for hydroxylation is 2. The van der Waals surface area contributed by atoms with Crippen molar-refractivity contribution in [1.82, 2.24) is 4.98 Å². The largest absolute Gasteiger partial charge is 0.257 e. The van der Waals surface area contributed by atoms with Crippen LogP contribution in [0.5, 0.6) is 0 Å². The van der Waals surface area contributed by atoms with Gasteiger partial charge in [0.05, 0.1) is 0 Å². The van der Waals surface area contributed by atoms with Crippen LogP contribution in [0.4, 0.5) is 0 Å². The topological polar surface area (TPSA) is 12.9 Å². The van der Waals surface area contributed by atoms with E-state index < -0.39 is 0 Å². The van der Waals surface area contributed by atoms with Gasteiger partial charge in [-0.1, -0.05) is 45.0 Å². The predicted octanol–water partition coefficient (Wildman–Crippen LogP) is 5.93. The molecule has 0 atom stereocenters. The molecule has 0 spiro atoms. The van der Waals surface area contributed by atoms with Gasteiger partial charge in [0.25, 0.3) is 0 Å². The standard InChI is InChI=1S/C21H27N/c1-6-21(4,5)17-10-7-14(2)19(13-17)18-11-12-20(16-8-9-16)22-15(18)3/h7,10-13,16H,6,8-9H2,1-5H3. The maximum absolute atomic E-state index is 4.86. The van der Waals surface area contributed by atoms with Crippen molar-refractivity contribution in [3.63, 3.8) is 0 Å². The minimum Gasteiger partial charge on any atom is -0.257 e. The van der Waals surface area contributed by atoms with Crippen LogP contribution in [0.25, 0.3) is 11.1 Å². The highest BCUT2D eigenvalue weighted by Gasteiger charge is 2.25. The zero-order chi connectivity index (χ0) is 15.9. The van der Waals surface area contributed by atoms with Crippen LogP contribution in [0.1, 0.15) is 68.5 Å². The lowest BCUT2D eigenvalue weighted by Gasteiger charge is -2.25. The number of nitrogens with zero attached hydrogens (tertiary/aromatic N) is 1. The van der Waals surface area contributed by atoms with E-state index in [1.807, 2.05) is 0 Å². The molecule has 116 valence electrons. The first-order chi connectivity index (χ1) is 10.4. The Balaban J connectivity index is 2.05. The van der Waals surface area contributed by atoms with Gasteiger partial charge >= 0.3 is 0 Å². The third kappa shape index (κ3) is 2.82. The summed E-state index contributed by atoms with van der Waals surface area (Å²) in [4.78, 5) is 4.86. The highest BCUT2D eigenvalue weighted by atomic mass is 14.7. The normalized spacial score (nSPS) is 15.1. The second-order valence-corrected chi connectivity index (χ2v) is 7.41. The summed E-state index contributed by atoms with van der Waals surface area (Å²) in [6, 6.07) is 11.4. The van der Waals surface area contributed by atoms with E-state index >= 15 is 0 Å². The second-order valence-electron chi connectivity index (χ2n) is 7.41. The number of benzene rings is 1. The Morgan fingerprint density at radius 3 is 2.36 bits per heavy atom. The van der Waals surface area contributed by atoms with Crippen LogP contribution in [0.2, 0.25) is 0 Å². The van der Waals surface area contributed by atoms with Gasteiger partial charge in [0.15, 0.2) is 0 Å². The van der Waals surface area contributed by atoms with Crippen LogP contribution in [0, 0.1) is 13.8 Å². The van der Waals surface area contributed by atoms with Crippen molar-refractivity contribution in [2.75, 3.05) is 0 Å². The van der Waals surface area contributed by atoms with E-state index in [9.17, 15) is 0 Å². The summed E-state index contributed by atoms with van der Waals surface area (Å²) >= 11 is 0. The van der Waals surface area contributed by atoms with E-state index in [-0.39, 0.29) is 5.41 Å². The minimum absolute atomic E-state index is 0.220. The average molecular weight is 293 g/mol. The van der Waals surface area contributed by atoms with Gasteiger partial charge in [-0.05, 0) is 61.3 Å². The summed E-state index contributed by atoms with van der Waals surface area (Å²) in [5.41, 5.74) is 8.04. The SMILES string of the molecule is CCC(C)(C)c1ccc(C)c(-c2ccc(C3CC3)nc2C)c1. The summed E-state index contributed by atoms with van der Waals surface area (Å²) in [6.45, 7) is 11.3. The van der Waals surface area contributed by atoms with Crippen LogP contribution in [-0.2, 0) is 5.41 Å². The molecule has 1 heterocycles. The molecule has 2 aromatic rings. The molecule has 1 aromatic carbocycles. The van der Waals surface area contributed by atoms with Gasteiger partial charge in [0.1, 0.15) is 0 Å². The van der Waals surface area contributed by atoms with E-state index in [4.69, 9.17) is 4.98 Å². The van der Waals surface area contributed by atoms with E-state index in [2.05, 4.69) is 65.0 Å². The lowest BCUT2D eigenvalue weighted by atomic mass is 9.80. The molecule has 1 aliphatic rings. The van der Waals surface area contributed by atoms with Crippen molar-refractivity contribution in [3.8, 4) is 11.1 Å². The number of aromatic nitrogens is 1. The summed E-state index contributed by atoms with van der Waals surface area (Å²) < 4.78 is 0. The molecule has 1 heteroatoms. The van der Waals surface area contributed by atoms with Crippen molar-refractivity contribution in [2.45, 2.75) is 65.2 Å². The van der Waals surface area contributed by atoms with E-state index in [1.54, 1.807) is 0 Å². The Labute approximate surface area is 134 Å². The number of hydrogen-bond acceptors (Lipinski definition) is 1. The first-order valence-corrected chi connectivity index (χ1v) is 8.51. The van der Waals surface area contributed by atoms with Crippen LogP contribution >= 0.6 is 0 Å². The Bertz CT molecular complexity index is 693. The van der Waals surface area contributed by atoms with Crippen LogP contribution in [0.15, 0.2) is 30.3 Å². The fraction of sp³-hybridized carbons (Fsp3) is 0.476. The monoisotopic (exact) mass is 293 g/mol. The molecular weight excluding hydrogens is 266 g/mol. The minimum atomic E-state index is 0.220. The van der Waals surface area contributed by atoms with E-state index in [1.165, 1.54) is 46.5 Å². The molecule has 1 fully saturated rings. The fourth-order valence-corrected chi connectivity index (χ4v) is 3.01. The predicted molar refractivity (Wildman–Crippen MR) is 94.4 cm³/mol. The quantitative estimate of drug-likeness (QED) is 0.680. The van der Waals surface area contributed by atoms with Crippen LogP contribution < -0.4 is 0 Å². The van der Waals surface area contributed by atoms with Crippen molar-refractivity contribution in [1.29, 1.82) is 0 Å². The summed E-state index contributed by atoms with van der Waals surface area (Å²) in [5.74, 6) is 0.721. The molecule has 1 aromatic heterocycles. The lowest BCUT2D eigenvalue weighted by Crippen LogP contribution is -2.15. The highest BCUT2D eigenvalue weighted by Crippen LogP contribution is 2.40. The molecule has 1 saturated carbocycles. The Hall–Kier alpha value is -1.63. The van der Waals surface area contributed by atoms with Gasteiger partial charge in [0.2, 0.25) is 0 Å². The van der Waals surface area contributed by atoms with E-state index in [0.29, 0.717) is 0 Å². The number of hydrogen-bond donors (Lipinski definition) is 0. The highest BCUT2D eigenvalue weighted by molar-refractivity contribution is 5.70. The van der Waals surface area contributed by atoms with Crippen LogP contribution in [-0.4, -0.2) is 4.98 Å². The molecule has 0 saturated heterocycles. The summed E-state index contributed by atoms with van der Waals surface area (Å²) in [7, 11) is 0. The first kappa shape index (κ1) is 15.3. The molecule has 0 radical (unpaired) electrons. The lowest BCUT2D eigenvalue weighted by molar-refractivity contribution is 0.506. The van der Waals surface area contributed by atoms with Crippen molar-refractivity contribution in [2.24, 2.45) is 0 Å². The third-order valence-corrected chi connectivity index (χ3v) is 5.30. The van der Waals surface area contributed by atoms with Gasteiger partial charge in [0, 0.05) is 22.9 Å². The van der Waals surface area contributed by atoms with Crippen molar-refractivity contribution in [3.05, 3.63) is 52.8 Å². The van der Waals surface area contributed by atoms with Gasteiger partial charge < -0.3 is 0 Å². The molecule has 3 rings (SSSR count). The third-order valence-electron chi connectivity index (χ3n) is 5.30. The van der Waals surface area contributed by atoms with Gasteiger partial charge in [-0.2, -0.15) is 0 Å². The maximum atomic E-state index is 4.86. The maximum Gasteiger partial charge on any atom is 0.0454 e. The number of rotatable bonds is 4. The summed E-state index contributed by atoms with van der Waals surface area (Å²) in [6.07, 6.45) is 3.77. The van der Waals surface area contributed by atoms with Crippen molar-refractivity contribution >= 4 is 0 Å². The molecular formula is C21H27N. The number of pyridine rings is 1. The second kappa shape index (κ2) is 5.53. The molecule has 0 amide bonds. The average Bonchev–Trinajstić information content (AvgIpc) is 3.32. The molecule has 1 nitrogen and oxygen atoms in total. The zero-order valence-electron chi connectivity index (χ0n) is 14.5. The van der Waals surface area contributed by atoms with Crippen molar-refractivity contribution < 1.29 is 0 Å². The van der Waals surface area contributed by atoms with Crippen LogP contribution in [0.3, 0.4) is 0 Å². The molecule has 0 unspecified atom stereocenters. The molecule has 22 heavy (non-hydrogen) atoms. The molecule has 0 aliphatic heterocycles.